The van der Waals surface area contributed by atoms with Crippen molar-refractivity contribution >= 4 is 28.7 Å². The molecule has 1 aromatic carbocycles. The Morgan fingerprint density at radius 1 is 1.43 bits per heavy atom. The largest absolute Gasteiger partial charge is 0.496 e. The minimum Gasteiger partial charge on any atom is -0.496 e. The number of amides is 1. The molecule has 1 aliphatic heterocycles. The zero-order valence-electron chi connectivity index (χ0n) is 14.1. The quantitative estimate of drug-likeness (QED) is 0.686. The smallest absolute Gasteiger partial charge is 0.410 e. The summed E-state index contributed by atoms with van der Waals surface area (Å²) in [5.74, 6) is 0.859. The number of benzene rings is 1. The average molecular weight is 433 g/mol. The molecule has 6 heteroatoms. The number of hydrogen-bond acceptors (Lipinski definition) is 4. The highest BCUT2D eigenvalue weighted by Crippen LogP contribution is 2.24. The van der Waals surface area contributed by atoms with Crippen LogP contribution in [0.4, 0.5) is 4.79 Å². The first-order valence-electron chi connectivity index (χ1n) is 7.70. The summed E-state index contributed by atoms with van der Waals surface area (Å²) in [6.07, 6.45) is 0.466. The fraction of sp³-hybridized carbons (Fsp3) is 0.588. The van der Waals surface area contributed by atoms with E-state index < -0.39 is 5.60 Å². The van der Waals surface area contributed by atoms with Crippen LogP contribution in [0.5, 0.6) is 5.75 Å². The van der Waals surface area contributed by atoms with Gasteiger partial charge in [-0.15, -0.1) is 0 Å². The molecule has 0 aliphatic carbocycles. The van der Waals surface area contributed by atoms with Crippen molar-refractivity contribution < 1.29 is 19.0 Å². The molecule has 1 saturated heterocycles. The van der Waals surface area contributed by atoms with Gasteiger partial charge in [-0.1, -0.05) is 6.07 Å². The minimum absolute atomic E-state index is 0.0113. The predicted octanol–water partition coefficient (Wildman–Crippen LogP) is 3.48. The Morgan fingerprint density at radius 2 is 2.17 bits per heavy atom. The maximum atomic E-state index is 12.4. The van der Waals surface area contributed by atoms with E-state index in [1.807, 2.05) is 32.9 Å². The first-order valence-corrected chi connectivity index (χ1v) is 8.78. The molecule has 1 unspecified atom stereocenters. The van der Waals surface area contributed by atoms with Crippen molar-refractivity contribution in [2.45, 2.75) is 38.8 Å². The zero-order valence-corrected chi connectivity index (χ0v) is 16.3. The Labute approximate surface area is 151 Å². The van der Waals surface area contributed by atoms with Crippen LogP contribution < -0.4 is 4.74 Å². The van der Waals surface area contributed by atoms with E-state index in [0.29, 0.717) is 19.8 Å². The molecule has 1 fully saturated rings. The molecular weight excluding hydrogens is 409 g/mol. The van der Waals surface area contributed by atoms with Crippen molar-refractivity contribution in [2.75, 3.05) is 26.9 Å². The van der Waals surface area contributed by atoms with Crippen molar-refractivity contribution in [2.24, 2.45) is 0 Å². The molecular formula is C17H24INO4. The van der Waals surface area contributed by atoms with Crippen LogP contribution in [-0.2, 0) is 15.9 Å². The van der Waals surface area contributed by atoms with Gasteiger partial charge in [-0.3, -0.25) is 0 Å². The highest BCUT2D eigenvalue weighted by Gasteiger charge is 2.31. The lowest BCUT2D eigenvalue weighted by molar-refractivity contribution is -0.0319. The van der Waals surface area contributed by atoms with E-state index in [2.05, 4.69) is 28.7 Å². The van der Waals surface area contributed by atoms with Crippen LogP contribution in [-0.4, -0.2) is 49.5 Å². The highest BCUT2D eigenvalue weighted by atomic mass is 127. The van der Waals surface area contributed by atoms with Gasteiger partial charge in [0.15, 0.2) is 0 Å². The molecule has 23 heavy (non-hydrogen) atoms. The van der Waals surface area contributed by atoms with Crippen LogP contribution in [0.25, 0.3) is 0 Å². The summed E-state index contributed by atoms with van der Waals surface area (Å²) in [6.45, 7) is 7.29. The van der Waals surface area contributed by atoms with Gasteiger partial charge in [0.1, 0.15) is 11.4 Å². The number of nitrogens with zero attached hydrogens (tertiary/aromatic N) is 1. The van der Waals surface area contributed by atoms with Crippen LogP contribution in [0.3, 0.4) is 0 Å². The molecule has 0 saturated carbocycles. The molecule has 2 rings (SSSR count). The number of methoxy groups -OCH3 is 1. The van der Waals surface area contributed by atoms with Gasteiger partial charge in [0.05, 0.1) is 29.9 Å². The lowest BCUT2D eigenvalue weighted by atomic mass is 10.0. The summed E-state index contributed by atoms with van der Waals surface area (Å²) < 4.78 is 17.4. The number of hydrogen-bond donors (Lipinski definition) is 0. The lowest BCUT2D eigenvalue weighted by Crippen LogP contribution is -2.51. The summed E-state index contributed by atoms with van der Waals surface area (Å²) in [6, 6.07) is 6.06. The van der Waals surface area contributed by atoms with Gasteiger partial charge in [-0.25, -0.2) is 4.79 Å². The van der Waals surface area contributed by atoms with E-state index in [4.69, 9.17) is 14.2 Å². The second-order valence-corrected chi connectivity index (χ2v) is 7.74. The second-order valence-electron chi connectivity index (χ2n) is 6.58. The van der Waals surface area contributed by atoms with E-state index in [1.54, 1.807) is 12.0 Å². The van der Waals surface area contributed by atoms with Gasteiger partial charge in [0.2, 0.25) is 0 Å². The molecule has 5 nitrogen and oxygen atoms in total. The minimum atomic E-state index is -0.491. The van der Waals surface area contributed by atoms with E-state index in [9.17, 15) is 4.79 Å². The first-order chi connectivity index (χ1) is 10.8. The standard InChI is InChI=1S/C17H24INO4/c1-17(2,3)23-16(20)19-7-8-22-11-13(19)9-12-5-6-15(21-4)14(18)10-12/h5-6,10,13H,7-9,11H2,1-4H3. The van der Waals surface area contributed by atoms with Gasteiger partial charge in [0.25, 0.3) is 0 Å². The van der Waals surface area contributed by atoms with Gasteiger partial charge in [-0.2, -0.15) is 0 Å². The zero-order chi connectivity index (χ0) is 17.0. The van der Waals surface area contributed by atoms with Crippen LogP contribution in [0, 0.1) is 3.57 Å². The molecule has 1 aliphatic rings. The average Bonchev–Trinajstić information content (AvgIpc) is 2.46. The molecule has 0 spiro atoms. The van der Waals surface area contributed by atoms with Crippen molar-refractivity contribution in [3.05, 3.63) is 27.3 Å². The van der Waals surface area contributed by atoms with Crippen molar-refractivity contribution in [1.29, 1.82) is 0 Å². The summed E-state index contributed by atoms with van der Waals surface area (Å²) >= 11 is 2.26. The van der Waals surface area contributed by atoms with E-state index in [1.165, 1.54) is 0 Å². The van der Waals surface area contributed by atoms with Crippen LogP contribution >= 0.6 is 22.6 Å². The Balaban J connectivity index is 2.09. The van der Waals surface area contributed by atoms with Crippen molar-refractivity contribution in [1.82, 2.24) is 4.90 Å². The first kappa shape index (κ1) is 18.3. The van der Waals surface area contributed by atoms with Gasteiger partial charge in [0, 0.05) is 6.54 Å². The number of rotatable bonds is 3. The number of carbonyl (C=O) groups excluding carboxylic acids is 1. The van der Waals surface area contributed by atoms with Gasteiger partial charge < -0.3 is 19.1 Å². The predicted molar refractivity (Wildman–Crippen MR) is 97.0 cm³/mol. The molecule has 0 aromatic heterocycles. The Bertz CT molecular complexity index is 556. The van der Waals surface area contributed by atoms with Crippen molar-refractivity contribution in [3.8, 4) is 5.75 Å². The van der Waals surface area contributed by atoms with Crippen LogP contribution in [0.2, 0.25) is 0 Å². The molecule has 1 atom stereocenters. The van der Waals surface area contributed by atoms with Gasteiger partial charge >= 0.3 is 6.09 Å². The monoisotopic (exact) mass is 433 g/mol. The summed E-state index contributed by atoms with van der Waals surface area (Å²) in [5, 5.41) is 0. The molecule has 0 radical (unpaired) electrons. The fourth-order valence-electron chi connectivity index (χ4n) is 2.49. The number of morpholine rings is 1. The third-order valence-electron chi connectivity index (χ3n) is 3.54. The molecule has 1 heterocycles. The maximum Gasteiger partial charge on any atom is 0.410 e. The number of ether oxygens (including phenoxy) is 3. The lowest BCUT2D eigenvalue weighted by Gasteiger charge is -2.36. The topological polar surface area (TPSA) is 48.0 Å². The Hall–Kier alpha value is -1.02. The maximum absolute atomic E-state index is 12.4. The van der Waals surface area contributed by atoms with Crippen LogP contribution in [0.15, 0.2) is 18.2 Å². The number of halogens is 1. The van der Waals surface area contributed by atoms with Crippen LogP contribution in [0.1, 0.15) is 26.3 Å². The second kappa shape index (κ2) is 7.70. The van der Waals surface area contributed by atoms with Crippen molar-refractivity contribution in [3.63, 3.8) is 0 Å². The van der Waals surface area contributed by atoms with E-state index >= 15 is 0 Å². The summed E-state index contributed by atoms with van der Waals surface area (Å²) in [4.78, 5) is 14.2. The molecule has 1 amide bonds. The highest BCUT2D eigenvalue weighted by molar-refractivity contribution is 14.1. The molecule has 1 aromatic rings. The summed E-state index contributed by atoms with van der Waals surface area (Å²) in [5.41, 5.74) is 0.661. The van der Waals surface area contributed by atoms with E-state index in [0.717, 1.165) is 21.3 Å². The fourth-order valence-corrected chi connectivity index (χ4v) is 3.29. The third-order valence-corrected chi connectivity index (χ3v) is 4.39. The normalized spacial score (nSPS) is 18.7. The van der Waals surface area contributed by atoms with Gasteiger partial charge in [-0.05, 0) is 67.5 Å². The Kier molecular flexibility index (Phi) is 6.13. The SMILES string of the molecule is COc1ccc(CC2COCCN2C(=O)OC(C)(C)C)cc1I. The molecule has 0 bridgehead atoms. The molecule has 0 N–H and O–H groups in total. The summed E-state index contributed by atoms with van der Waals surface area (Å²) in [7, 11) is 1.66. The number of carbonyl (C=O) groups is 1. The third kappa shape index (κ3) is 5.24. The molecule has 128 valence electrons. The Morgan fingerprint density at radius 3 is 2.78 bits per heavy atom. The van der Waals surface area contributed by atoms with E-state index in [-0.39, 0.29) is 12.1 Å².